The summed E-state index contributed by atoms with van der Waals surface area (Å²) in [6.45, 7) is 0.511. The highest BCUT2D eigenvalue weighted by atomic mass is 32.2. The summed E-state index contributed by atoms with van der Waals surface area (Å²) in [6.07, 6.45) is 0.382. The van der Waals surface area contributed by atoms with Gasteiger partial charge in [0.1, 0.15) is 11.5 Å². The standard InChI is InChI=1S/C19H20O6S/c20-18(21)19(10-12-24-13-11-19)14-26(22,23)17-8-6-16(7-9-17)25-15-4-2-1-3-5-15/h1-9H,10-14H2,(H,20,21). The molecule has 1 saturated heterocycles. The summed E-state index contributed by atoms with van der Waals surface area (Å²) >= 11 is 0. The van der Waals surface area contributed by atoms with Crippen molar-refractivity contribution >= 4 is 15.8 Å². The van der Waals surface area contributed by atoms with Gasteiger partial charge in [0.05, 0.1) is 16.1 Å². The Hall–Kier alpha value is -2.38. The Morgan fingerprint density at radius 2 is 1.58 bits per heavy atom. The lowest BCUT2D eigenvalue weighted by atomic mass is 9.82. The molecule has 0 saturated carbocycles. The Bertz CT molecular complexity index is 853. The van der Waals surface area contributed by atoms with E-state index in [1.54, 1.807) is 24.3 Å². The van der Waals surface area contributed by atoms with E-state index < -0.39 is 27.0 Å². The number of para-hydroxylation sites is 1. The molecule has 1 N–H and O–H groups in total. The topological polar surface area (TPSA) is 89.9 Å². The highest BCUT2D eigenvalue weighted by Gasteiger charge is 2.44. The third kappa shape index (κ3) is 4.05. The van der Waals surface area contributed by atoms with Crippen molar-refractivity contribution in [1.29, 1.82) is 0 Å². The second-order valence-electron chi connectivity index (χ2n) is 6.34. The minimum Gasteiger partial charge on any atom is -0.481 e. The van der Waals surface area contributed by atoms with Gasteiger partial charge in [-0.15, -0.1) is 0 Å². The molecule has 2 aromatic rings. The third-order valence-electron chi connectivity index (χ3n) is 4.53. The van der Waals surface area contributed by atoms with Gasteiger partial charge in [-0.05, 0) is 49.2 Å². The van der Waals surface area contributed by atoms with Crippen molar-refractivity contribution in [3.05, 3.63) is 54.6 Å². The third-order valence-corrected chi connectivity index (χ3v) is 6.45. The van der Waals surface area contributed by atoms with E-state index in [9.17, 15) is 18.3 Å². The maximum atomic E-state index is 12.7. The normalized spacial score (nSPS) is 16.8. The maximum absolute atomic E-state index is 12.7. The summed E-state index contributed by atoms with van der Waals surface area (Å²) in [5.41, 5.74) is -1.30. The number of benzene rings is 2. The lowest BCUT2D eigenvalue weighted by Crippen LogP contribution is -2.42. The molecule has 0 atom stereocenters. The number of aliphatic carboxylic acids is 1. The zero-order valence-electron chi connectivity index (χ0n) is 14.1. The highest BCUT2D eigenvalue weighted by Crippen LogP contribution is 2.34. The van der Waals surface area contributed by atoms with Gasteiger partial charge < -0.3 is 14.6 Å². The number of rotatable bonds is 6. The van der Waals surface area contributed by atoms with Crippen LogP contribution in [0.2, 0.25) is 0 Å². The minimum atomic E-state index is -3.74. The molecule has 138 valence electrons. The monoisotopic (exact) mass is 376 g/mol. The SMILES string of the molecule is O=C(O)C1(CS(=O)(=O)c2ccc(Oc3ccccc3)cc2)CCOCC1. The van der Waals surface area contributed by atoms with Crippen molar-refractivity contribution in [3.63, 3.8) is 0 Å². The fourth-order valence-corrected chi connectivity index (χ4v) is 4.83. The number of hydrogen-bond acceptors (Lipinski definition) is 5. The molecule has 0 unspecified atom stereocenters. The van der Waals surface area contributed by atoms with Crippen molar-refractivity contribution in [2.75, 3.05) is 19.0 Å². The van der Waals surface area contributed by atoms with Gasteiger partial charge >= 0.3 is 5.97 Å². The molecule has 6 nitrogen and oxygen atoms in total. The highest BCUT2D eigenvalue weighted by molar-refractivity contribution is 7.91. The molecule has 1 aliphatic rings. The largest absolute Gasteiger partial charge is 0.481 e. The quantitative estimate of drug-likeness (QED) is 0.833. The van der Waals surface area contributed by atoms with E-state index in [-0.39, 0.29) is 31.0 Å². The number of hydrogen-bond donors (Lipinski definition) is 1. The van der Waals surface area contributed by atoms with Crippen molar-refractivity contribution < 1.29 is 27.8 Å². The second kappa shape index (κ2) is 7.47. The number of carboxylic acids is 1. The van der Waals surface area contributed by atoms with Gasteiger partial charge in [-0.3, -0.25) is 4.79 Å². The first-order valence-corrected chi connectivity index (χ1v) is 9.93. The fourth-order valence-electron chi connectivity index (χ4n) is 2.97. The molecule has 0 amide bonds. The van der Waals surface area contributed by atoms with E-state index in [1.807, 2.05) is 18.2 Å². The lowest BCUT2D eigenvalue weighted by Gasteiger charge is -2.32. The van der Waals surface area contributed by atoms with Crippen LogP contribution < -0.4 is 4.74 Å². The molecule has 7 heteroatoms. The van der Waals surface area contributed by atoms with Crippen LogP contribution in [-0.4, -0.2) is 38.5 Å². The van der Waals surface area contributed by atoms with Gasteiger partial charge in [0.2, 0.25) is 0 Å². The van der Waals surface area contributed by atoms with Gasteiger partial charge in [-0.2, -0.15) is 0 Å². The van der Waals surface area contributed by atoms with Gasteiger partial charge in [-0.25, -0.2) is 8.42 Å². The summed E-state index contributed by atoms with van der Waals surface area (Å²) in [4.78, 5) is 11.8. The minimum absolute atomic E-state index is 0.0880. The van der Waals surface area contributed by atoms with Crippen LogP contribution in [0.3, 0.4) is 0 Å². The van der Waals surface area contributed by atoms with Crippen molar-refractivity contribution in [2.45, 2.75) is 17.7 Å². The van der Waals surface area contributed by atoms with Crippen LogP contribution in [0.4, 0.5) is 0 Å². The van der Waals surface area contributed by atoms with Crippen LogP contribution in [0, 0.1) is 5.41 Å². The Morgan fingerprint density at radius 3 is 2.15 bits per heavy atom. The van der Waals surface area contributed by atoms with Crippen molar-refractivity contribution in [1.82, 2.24) is 0 Å². The molecule has 0 aromatic heterocycles. The summed E-state index contributed by atoms with van der Waals surface area (Å²) in [5, 5.41) is 9.57. The van der Waals surface area contributed by atoms with Crippen LogP contribution in [0.15, 0.2) is 59.5 Å². The number of carboxylic acid groups (broad SMARTS) is 1. The van der Waals surface area contributed by atoms with Crippen molar-refractivity contribution in [2.24, 2.45) is 5.41 Å². The van der Waals surface area contributed by atoms with E-state index >= 15 is 0 Å². The Labute approximate surface area is 152 Å². The Kier molecular flexibility index (Phi) is 5.29. The molecule has 0 aliphatic carbocycles. The van der Waals surface area contributed by atoms with Crippen molar-refractivity contribution in [3.8, 4) is 11.5 Å². The van der Waals surface area contributed by atoms with E-state index in [4.69, 9.17) is 9.47 Å². The van der Waals surface area contributed by atoms with E-state index in [2.05, 4.69) is 0 Å². The molecule has 2 aromatic carbocycles. The van der Waals surface area contributed by atoms with Crippen LogP contribution in [-0.2, 0) is 19.4 Å². The molecule has 26 heavy (non-hydrogen) atoms. The zero-order valence-corrected chi connectivity index (χ0v) is 14.9. The number of carbonyl (C=O) groups is 1. The summed E-state index contributed by atoms with van der Waals surface area (Å²) in [6, 6.07) is 15.2. The first kappa shape index (κ1) is 18.4. The fraction of sp³-hybridized carbons (Fsp3) is 0.316. The maximum Gasteiger partial charge on any atom is 0.310 e. The average molecular weight is 376 g/mol. The molecular weight excluding hydrogens is 356 g/mol. The van der Waals surface area contributed by atoms with Crippen LogP contribution in [0.5, 0.6) is 11.5 Å². The predicted molar refractivity (Wildman–Crippen MR) is 95.1 cm³/mol. The molecule has 1 aliphatic heterocycles. The molecule has 1 heterocycles. The Morgan fingerprint density at radius 1 is 1.00 bits per heavy atom. The molecule has 0 spiro atoms. The summed E-state index contributed by atoms with van der Waals surface area (Å²) < 4.78 is 36.3. The number of sulfone groups is 1. The molecule has 0 bridgehead atoms. The van der Waals surface area contributed by atoms with Crippen LogP contribution in [0.1, 0.15) is 12.8 Å². The Balaban J connectivity index is 1.77. The van der Waals surface area contributed by atoms with E-state index in [0.29, 0.717) is 11.5 Å². The lowest BCUT2D eigenvalue weighted by molar-refractivity contribution is -0.152. The van der Waals surface area contributed by atoms with Crippen LogP contribution >= 0.6 is 0 Å². The van der Waals surface area contributed by atoms with E-state index in [0.717, 1.165) is 0 Å². The first-order chi connectivity index (χ1) is 12.4. The first-order valence-electron chi connectivity index (χ1n) is 8.28. The average Bonchev–Trinajstić information content (AvgIpc) is 2.63. The van der Waals surface area contributed by atoms with Gasteiger partial charge in [0.15, 0.2) is 9.84 Å². The smallest absolute Gasteiger partial charge is 0.310 e. The van der Waals surface area contributed by atoms with Gasteiger partial charge in [0.25, 0.3) is 0 Å². The second-order valence-corrected chi connectivity index (χ2v) is 8.33. The zero-order chi connectivity index (χ0) is 18.6. The molecular formula is C19H20O6S. The van der Waals surface area contributed by atoms with Crippen LogP contribution in [0.25, 0.3) is 0 Å². The summed E-state index contributed by atoms with van der Waals surface area (Å²) in [7, 11) is -3.74. The number of ether oxygens (including phenoxy) is 2. The van der Waals surface area contributed by atoms with Gasteiger partial charge in [0, 0.05) is 13.2 Å². The predicted octanol–water partition coefficient (Wildman–Crippen LogP) is 3.13. The van der Waals surface area contributed by atoms with E-state index in [1.165, 1.54) is 12.1 Å². The molecule has 3 rings (SSSR count). The summed E-state index contributed by atoms with van der Waals surface area (Å²) in [5.74, 6) is -0.366. The molecule has 0 radical (unpaired) electrons. The molecule has 1 fully saturated rings. The van der Waals surface area contributed by atoms with Gasteiger partial charge in [-0.1, -0.05) is 18.2 Å².